The Morgan fingerprint density at radius 3 is 0.796 bits per heavy atom. The molecule has 0 bridgehead atoms. The Kier molecular flexibility index (Phi) is 9.21. The van der Waals surface area contributed by atoms with Gasteiger partial charge in [0.1, 0.15) is 0 Å². The van der Waals surface area contributed by atoms with Crippen molar-refractivity contribution in [2.24, 2.45) is 0 Å². The zero-order valence-corrected chi connectivity index (χ0v) is 33.9. The molecule has 3 saturated heterocycles. The molecule has 49 heavy (non-hydrogen) atoms. The first-order chi connectivity index (χ1) is 22.5. The van der Waals surface area contributed by atoms with E-state index in [1.54, 1.807) is 18.2 Å². The molecular formula is C36H45B3BiF3O6. The summed E-state index contributed by atoms with van der Waals surface area (Å²) >= 11 is -4.14. The van der Waals surface area contributed by atoms with Gasteiger partial charge in [-0.05, 0) is 0 Å². The van der Waals surface area contributed by atoms with Crippen molar-refractivity contribution in [2.75, 3.05) is 0 Å². The minimum atomic E-state index is -4.14. The van der Waals surface area contributed by atoms with Gasteiger partial charge in [0.15, 0.2) is 0 Å². The number of hydrogen-bond acceptors (Lipinski definition) is 6. The molecular weight excluding hydrogens is 827 g/mol. The molecule has 260 valence electrons. The Labute approximate surface area is 297 Å². The fourth-order valence-electron chi connectivity index (χ4n) is 6.13. The van der Waals surface area contributed by atoms with Gasteiger partial charge in [0.05, 0.1) is 0 Å². The van der Waals surface area contributed by atoms with Crippen molar-refractivity contribution in [1.82, 2.24) is 0 Å². The van der Waals surface area contributed by atoms with Crippen LogP contribution in [0.3, 0.4) is 0 Å². The molecule has 3 heterocycles. The molecule has 3 fully saturated rings. The van der Waals surface area contributed by atoms with Gasteiger partial charge >= 0.3 is 299 Å². The van der Waals surface area contributed by atoms with Gasteiger partial charge in [-0.2, -0.15) is 0 Å². The normalized spacial score (nSPS) is 23.1. The van der Waals surface area contributed by atoms with E-state index in [4.69, 9.17) is 27.9 Å². The number of hydrogen-bond donors (Lipinski definition) is 0. The van der Waals surface area contributed by atoms with Crippen molar-refractivity contribution in [3.63, 3.8) is 0 Å². The second-order valence-corrected chi connectivity index (χ2v) is 24.3. The van der Waals surface area contributed by atoms with E-state index >= 15 is 13.2 Å². The fourth-order valence-corrected chi connectivity index (χ4v) is 17.2. The first kappa shape index (κ1) is 37.1. The van der Waals surface area contributed by atoms with E-state index in [-0.39, 0.29) is 16.4 Å². The summed E-state index contributed by atoms with van der Waals surface area (Å²) in [4.78, 5) is 0. The van der Waals surface area contributed by atoms with Crippen molar-refractivity contribution in [3.8, 4) is 0 Å². The first-order valence-corrected chi connectivity index (χ1v) is 21.9. The van der Waals surface area contributed by atoms with Gasteiger partial charge in [-0.1, -0.05) is 0 Å². The second-order valence-electron chi connectivity index (χ2n) is 16.1. The molecule has 0 N–H and O–H groups in total. The van der Waals surface area contributed by atoms with Crippen LogP contribution in [-0.2, 0) is 27.9 Å². The van der Waals surface area contributed by atoms with Gasteiger partial charge in [0.2, 0.25) is 0 Å². The average molecular weight is 872 g/mol. The van der Waals surface area contributed by atoms with E-state index < -0.39 is 94.2 Å². The van der Waals surface area contributed by atoms with E-state index in [0.717, 1.165) is 0 Å². The van der Waals surface area contributed by atoms with Crippen LogP contribution in [0.5, 0.6) is 0 Å². The van der Waals surface area contributed by atoms with Crippen LogP contribution in [0, 0.1) is 17.5 Å². The molecule has 3 aliphatic rings. The number of benzene rings is 3. The van der Waals surface area contributed by atoms with E-state index in [9.17, 15) is 0 Å². The third-order valence-corrected chi connectivity index (χ3v) is 21.4. The Balaban J connectivity index is 1.64. The summed E-state index contributed by atoms with van der Waals surface area (Å²) in [7, 11) is -3.20. The minimum absolute atomic E-state index is 0.215. The van der Waals surface area contributed by atoms with Gasteiger partial charge in [-0.15, -0.1) is 0 Å². The van der Waals surface area contributed by atoms with Gasteiger partial charge < -0.3 is 0 Å². The van der Waals surface area contributed by atoms with Crippen LogP contribution in [0.2, 0.25) is 0 Å². The zero-order valence-electron chi connectivity index (χ0n) is 30.5. The fraction of sp³-hybridized carbons (Fsp3) is 0.500. The SMILES string of the molecule is CC1(C)OB(c2c(F)ccc[c]2[Bi]([c]2cccc(F)c2B2OC(C)(C)C(C)(C)O2)[c]2cccc(F)c2B2OC(C)(C)C(C)(C)O2)OC1(C)C. The molecule has 0 spiro atoms. The molecule has 3 aromatic carbocycles. The Bertz CT molecular complexity index is 1530. The Morgan fingerprint density at radius 1 is 0.388 bits per heavy atom. The molecule has 3 aromatic rings. The third-order valence-electron chi connectivity index (χ3n) is 11.3. The van der Waals surface area contributed by atoms with Crippen LogP contribution in [0.25, 0.3) is 0 Å². The molecule has 6 nitrogen and oxygen atoms in total. The Hall–Kier alpha value is -1.71. The maximum absolute atomic E-state index is 16.4. The predicted octanol–water partition coefficient (Wildman–Crippen LogP) is 3.52. The molecule has 6 rings (SSSR count). The zero-order chi connectivity index (χ0) is 36.1. The van der Waals surface area contributed by atoms with E-state index in [1.165, 1.54) is 18.2 Å². The van der Waals surface area contributed by atoms with Crippen LogP contribution in [0.4, 0.5) is 13.2 Å². The predicted molar refractivity (Wildman–Crippen MR) is 191 cm³/mol. The maximum atomic E-state index is 16.4. The Morgan fingerprint density at radius 2 is 0.592 bits per heavy atom. The number of rotatable bonds is 6. The number of halogens is 3. The summed E-state index contributed by atoms with van der Waals surface area (Å²) in [6.07, 6.45) is 0. The molecule has 0 unspecified atom stereocenters. The summed E-state index contributed by atoms with van der Waals surface area (Å²) in [6, 6.07) is 14.5. The van der Waals surface area contributed by atoms with Gasteiger partial charge in [0, 0.05) is 0 Å². The van der Waals surface area contributed by atoms with Crippen LogP contribution >= 0.6 is 0 Å². The summed E-state index contributed by atoms with van der Waals surface area (Å²) in [5, 5.41) is 0. The molecule has 0 atom stereocenters. The first-order valence-electron chi connectivity index (χ1n) is 16.7. The standard InChI is InChI=1S/3C12H15BFO2.Bi/c3*1-11(2)12(3,4)16-13(15-11)9-7-5-6-8-10(9)14;/h3*5-6,8H,1-4H3;. The molecule has 0 radical (unpaired) electrons. The monoisotopic (exact) mass is 872 g/mol. The van der Waals surface area contributed by atoms with E-state index in [2.05, 4.69) is 0 Å². The summed E-state index contributed by atoms with van der Waals surface area (Å²) in [5.74, 6) is -1.59. The van der Waals surface area contributed by atoms with Crippen LogP contribution in [0.15, 0.2) is 54.6 Å². The molecule has 0 aromatic heterocycles. The molecule has 0 amide bonds. The third kappa shape index (κ3) is 6.17. The molecule has 0 aliphatic carbocycles. The van der Waals surface area contributed by atoms with Crippen molar-refractivity contribution in [2.45, 2.75) is 117 Å². The van der Waals surface area contributed by atoms with E-state index in [1.807, 2.05) is 101 Å². The van der Waals surface area contributed by atoms with Crippen molar-refractivity contribution in [1.29, 1.82) is 0 Å². The topological polar surface area (TPSA) is 55.4 Å². The quantitative estimate of drug-likeness (QED) is 0.354. The summed E-state index contributed by atoms with van der Waals surface area (Å²) in [5.41, 5.74) is -3.93. The molecule has 0 saturated carbocycles. The van der Waals surface area contributed by atoms with Gasteiger partial charge in [-0.3, -0.25) is 0 Å². The second kappa shape index (κ2) is 12.2. The van der Waals surface area contributed by atoms with Gasteiger partial charge in [-0.25, -0.2) is 0 Å². The van der Waals surface area contributed by atoms with Crippen LogP contribution in [-0.4, -0.2) is 76.7 Å². The molecule has 13 heteroatoms. The van der Waals surface area contributed by atoms with Crippen LogP contribution < -0.4 is 26.2 Å². The van der Waals surface area contributed by atoms with Crippen molar-refractivity contribution in [3.05, 3.63) is 72.0 Å². The van der Waals surface area contributed by atoms with Crippen molar-refractivity contribution >= 4 is 69.3 Å². The van der Waals surface area contributed by atoms with Crippen molar-refractivity contribution < 1.29 is 41.1 Å². The average Bonchev–Trinajstić information content (AvgIpc) is 3.41. The summed E-state index contributed by atoms with van der Waals surface area (Å²) < 4.78 is 89.6. The molecule has 3 aliphatic heterocycles. The van der Waals surface area contributed by atoms with Crippen LogP contribution in [0.1, 0.15) is 83.1 Å². The summed E-state index contributed by atoms with van der Waals surface area (Å²) in [6.45, 7) is 22.8. The van der Waals surface area contributed by atoms with E-state index in [0.29, 0.717) is 9.81 Å². The van der Waals surface area contributed by atoms with Gasteiger partial charge in [0.25, 0.3) is 0 Å².